The minimum Gasteiger partial charge on any atom is -0.412 e. The molecule has 5 nitrogen and oxygen atoms in total. The van der Waals surface area contributed by atoms with Crippen molar-refractivity contribution in [2.75, 3.05) is 5.01 Å². The van der Waals surface area contributed by atoms with Gasteiger partial charge in [-0.05, 0) is 12.1 Å². The Morgan fingerprint density at radius 2 is 0.895 bits per heavy atom. The van der Waals surface area contributed by atoms with Crippen molar-refractivity contribution in [2.45, 2.75) is 17.4 Å². The topological polar surface area (TPSA) is 87.2 Å². The lowest BCUT2D eigenvalue weighted by molar-refractivity contribution is -0.254. The molecule has 0 radical (unpaired) electrons. The number of rotatable bonds is 3. The lowest BCUT2D eigenvalue weighted by Gasteiger charge is -2.38. The maximum Gasteiger partial charge on any atom is 0.347 e. The van der Waals surface area contributed by atoms with Gasteiger partial charge in [0, 0.05) is 0 Å². The summed E-state index contributed by atoms with van der Waals surface area (Å²) in [5.41, 5.74) is -15.1. The molecule has 1 fully saturated rings. The average molecular weight is 566 g/mol. The number of nitrogens with zero attached hydrogens (tertiary/aromatic N) is 1. The van der Waals surface area contributed by atoms with Crippen molar-refractivity contribution in [1.82, 2.24) is 5.43 Å². The molecule has 2 atom stereocenters. The number of anilines is 1. The molecular formula is C21H10F12N2O3. The Labute approximate surface area is 202 Å². The Hall–Kier alpha value is -3.54. The van der Waals surface area contributed by atoms with Crippen LogP contribution in [0.5, 0.6) is 0 Å². The van der Waals surface area contributed by atoms with Crippen molar-refractivity contribution in [2.24, 2.45) is 0 Å². The van der Waals surface area contributed by atoms with Crippen LogP contribution in [0.25, 0.3) is 0 Å². The van der Waals surface area contributed by atoms with E-state index in [0.29, 0.717) is 0 Å². The molecule has 2 unspecified atom stereocenters. The highest BCUT2D eigenvalue weighted by atomic mass is 19.3. The molecule has 206 valence electrons. The second-order valence-corrected chi connectivity index (χ2v) is 7.63. The third kappa shape index (κ3) is 3.38. The minimum atomic E-state index is -5.94. The zero-order valence-electron chi connectivity index (χ0n) is 17.8. The van der Waals surface area contributed by atoms with E-state index in [1.807, 2.05) is 0 Å². The van der Waals surface area contributed by atoms with Crippen molar-refractivity contribution in [1.29, 1.82) is 0 Å². The summed E-state index contributed by atoms with van der Waals surface area (Å²) in [5.74, 6) is -35.3. The van der Waals surface area contributed by atoms with Crippen LogP contribution in [0.2, 0.25) is 0 Å². The van der Waals surface area contributed by atoms with Gasteiger partial charge < -0.3 is 15.7 Å². The molecule has 17 heteroatoms. The summed E-state index contributed by atoms with van der Waals surface area (Å²) >= 11 is 0. The lowest BCUT2D eigenvalue weighted by Crippen LogP contribution is -2.57. The Bertz CT molecular complexity index is 1380. The van der Waals surface area contributed by atoms with Gasteiger partial charge in [0.05, 0.1) is 16.8 Å². The standard InChI is InChI=1S/C21H8F12N2O2.H2O/c22-9-7(10(23)14(27)17(30)13(9)26)19(36)21(32,33)20(37,35(34-19)6-4-2-1-3-5-6)8-11(24)15(28)18(31)16(29)12(8)25;/h1-5,34,36-37H;1H2. The van der Waals surface area contributed by atoms with Crippen molar-refractivity contribution >= 4 is 5.69 Å². The van der Waals surface area contributed by atoms with Crippen molar-refractivity contribution < 1.29 is 68.4 Å². The molecule has 0 saturated carbocycles. The van der Waals surface area contributed by atoms with Gasteiger partial charge in [-0.15, -0.1) is 0 Å². The van der Waals surface area contributed by atoms with Gasteiger partial charge in [0.15, 0.2) is 46.5 Å². The Kier molecular flexibility index (Phi) is 6.90. The van der Waals surface area contributed by atoms with E-state index >= 15 is 8.78 Å². The molecule has 0 aromatic heterocycles. The fourth-order valence-corrected chi connectivity index (χ4v) is 3.85. The Balaban J connectivity index is 0.00000400. The molecule has 0 spiro atoms. The van der Waals surface area contributed by atoms with E-state index in [9.17, 15) is 54.1 Å². The van der Waals surface area contributed by atoms with Crippen molar-refractivity contribution in [3.05, 3.63) is 99.6 Å². The fourth-order valence-electron chi connectivity index (χ4n) is 3.85. The van der Waals surface area contributed by atoms with Gasteiger partial charge in [-0.25, -0.2) is 43.9 Å². The number of hydrogen-bond acceptors (Lipinski definition) is 4. The van der Waals surface area contributed by atoms with Crippen LogP contribution in [0, 0.1) is 58.2 Å². The molecule has 1 heterocycles. The van der Waals surface area contributed by atoms with Gasteiger partial charge in [0.2, 0.25) is 17.4 Å². The molecule has 4 rings (SSSR count). The number of para-hydroxylation sites is 1. The Morgan fingerprint density at radius 1 is 0.553 bits per heavy atom. The molecule has 1 saturated heterocycles. The van der Waals surface area contributed by atoms with Gasteiger partial charge in [0.25, 0.3) is 5.72 Å². The first-order valence-electron chi connectivity index (χ1n) is 9.55. The molecule has 0 bridgehead atoms. The largest absolute Gasteiger partial charge is 0.412 e. The summed E-state index contributed by atoms with van der Waals surface area (Å²) in [6, 6.07) is 4.69. The molecule has 0 aliphatic carbocycles. The first-order chi connectivity index (χ1) is 17.1. The highest BCUT2D eigenvalue weighted by Gasteiger charge is 2.79. The number of hydrazine groups is 1. The van der Waals surface area contributed by atoms with Crippen LogP contribution in [-0.2, 0) is 11.4 Å². The molecule has 3 aromatic rings. The van der Waals surface area contributed by atoms with Crippen LogP contribution < -0.4 is 10.4 Å². The predicted molar refractivity (Wildman–Crippen MR) is 101 cm³/mol. The molecule has 3 aromatic carbocycles. The number of halogens is 12. The second-order valence-electron chi connectivity index (χ2n) is 7.63. The second kappa shape index (κ2) is 9.04. The van der Waals surface area contributed by atoms with Gasteiger partial charge >= 0.3 is 5.92 Å². The van der Waals surface area contributed by atoms with Gasteiger partial charge in [-0.1, -0.05) is 18.2 Å². The maximum atomic E-state index is 15.8. The summed E-state index contributed by atoms with van der Waals surface area (Å²) < 4.78 is 173. The highest BCUT2D eigenvalue weighted by Crippen LogP contribution is 2.57. The summed E-state index contributed by atoms with van der Waals surface area (Å²) in [4.78, 5) is 0. The van der Waals surface area contributed by atoms with Gasteiger partial charge in [-0.2, -0.15) is 14.2 Å². The summed E-state index contributed by atoms with van der Waals surface area (Å²) in [7, 11) is 0. The molecule has 1 aliphatic heterocycles. The van der Waals surface area contributed by atoms with Gasteiger partial charge in [-0.3, -0.25) is 5.01 Å². The fraction of sp³-hybridized carbons (Fsp3) is 0.143. The maximum absolute atomic E-state index is 15.8. The van der Waals surface area contributed by atoms with E-state index < -0.39 is 97.4 Å². The third-order valence-corrected chi connectivity index (χ3v) is 5.63. The summed E-state index contributed by atoms with van der Waals surface area (Å²) in [6.07, 6.45) is 0. The quantitative estimate of drug-likeness (QED) is 0.255. The van der Waals surface area contributed by atoms with Crippen LogP contribution in [0.15, 0.2) is 30.3 Å². The number of nitrogens with one attached hydrogen (secondary N) is 1. The first-order valence-corrected chi connectivity index (χ1v) is 9.55. The smallest absolute Gasteiger partial charge is 0.347 e. The molecule has 1 aliphatic rings. The molecule has 38 heavy (non-hydrogen) atoms. The van der Waals surface area contributed by atoms with Crippen LogP contribution in [0.1, 0.15) is 11.1 Å². The normalized spacial score (nSPS) is 22.5. The molecule has 0 amide bonds. The molecular weight excluding hydrogens is 556 g/mol. The predicted octanol–water partition coefficient (Wildman–Crippen LogP) is 3.90. The zero-order valence-corrected chi connectivity index (χ0v) is 17.8. The lowest BCUT2D eigenvalue weighted by atomic mass is 9.85. The van der Waals surface area contributed by atoms with E-state index in [1.165, 1.54) is 6.07 Å². The van der Waals surface area contributed by atoms with Gasteiger partial charge in [0.1, 0.15) is 0 Å². The summed E-state index contributed by atoms with van der Waals surface area (Å²) in [5, 5.41) is 21.1. The zero-order chi connectivity index (χ0) is 27.8. The van der Waals surface area contributed by atoms with Crippen LogP contribution >= 0.6 is 0 Å². The van der Waals surface area contributed by atoms with Crippen LogP contribution in [0.4, 0.5) is 58.4 Å². The van der Waals surface area contributed by atoms with E-state index in [0.717, 1.165) is 29.7 Å². The minimum absolute atomic E-state index is 0. The SMILES string of the molecule is O.OC1(c2c(F)c(F)c(F)c(F)c2F)NN(c2ccccc2)C(O)(c2c(F)c(F)c(F)c(F)c2F)C1(F)F. The third-order valence-electron chi connectivity index (χ3n) is 5.63. The van der Waals surface area contributed by atoms with Crippen molar-refractivity contribution in [3.63, 3.8) is 0 Å². The first kappa shape index (κ1) is 29.0. The monoisotopic (exact) mass is 566 g/mol. The van der Waals surface area contributed by atoms with Crippen LogP contribution in [0.3, 0.4) is 0 Å². The van der Waals surface area contributed by atoms with E-state index in [1.54, 1.807) is 0 Å². The average Bonchev–Trinajstić information content (AvgIpc) is 3.02. The molecule has 5 N–H and O–H groups in total. The highest BCUT2D eigenvalue weighted by molar-refractivity contribution is 5.55. The number of hydrogen-bond donors (Lipinski definition) is 3. The number of aliphatic hydroxyl groups is 2. The summed E-state index contributed by atoms with van der Waals surface area (Å²) in [6.45, 7) is 0. The number of benzene rings is 3. The van der Waals surface area contributed by atoms with Crippen molar-refractivity contribution in [3.8, 4) is 0 Å². The number of alkyl halides is 2. The Morgan fingerprint density at radius 3 is 1.29 bits per heavy atom. The van der Waals surface area contributed by atoms with E-state index in [-0.39, 0.29) is 5.48 Å². The van der Waals surface area contributed by atoms with E-state index in [2.05, 4.69) is 0 Å². The van der Waals surface area contributed by atoms with Crippen LogP contribution in [-0.4, -0.2) is 21.6 Å². The van der Waals surface area contributed by atoms with E-state index in [4.69, 9.17) is 0 Å².